The van der Waals surface area contributed by atoms with E-state index in [1.165, 1.54) is 12.8 Å². The van der Waals surface area contributed by atoms with Gasteiger partial charge in [0.1, 0.15) is 0 Å². The molecule has 0 aliphatic carbocycles. The fourth-order valence-electron chi connectivity index (χ4n) is 1.86. The summed E-state index contributed by atoms with van der Waals surface area (Å²) in [7, 11) is 0. The molecule has 0 aromatic carbocycles. The number of aromatic nitrogens is 3. The van der Waals surface area contributed by atoms with Gasteiger partial charge in [-0.2, -0.15) is 0 Å². The lowest BCUT2D eigenvalue weighted by atomic mass is 9.93. The lowest BCUT2D eigenvalue weighted by Crippen LogP contribution is -2.31. The van der Waals surface area contributed by atoms with Gasteiger partial charge < -0.3 is 5.32 Å². The van der Waals surface area contributed by atoms with Gasteiger partial charge in [0.25, 0.3) is 0 Å². The molecule has 0 spiro atoms. The van der Waals surface area contributed by atoms with Crippen molar-refractivity contribution >= 4 is 0 Å². The van der Waals surface area contributed by atoms with Gasteiger partial charge in [-0.3, -0.25) is 0 Å². The van der Waals surface area contributed by atoms with Gasteiger partial charge >= 0.3 is 0 Å². The quantitative estimate of drug-likeness (QED) is 0.760. The Morgan fingerprint density at radius 2 is 2.27 bits per heavy atom. The molecule has 1 aliphatic rings. The summed E-state index contributed by atoms with van der Waals surface area (Å²) in [5.74, 6) is 0. The third kappa shape index (κ3) is 2.37. The molecular weight excluding hydrogens is 188 g/mol. The first-order valence-electron chi connectivity index (χ1n) is 5.70. The third-order valence-electron chi connectivity index (χ3n) is 2.92. The van der Waals surface area contributed by atoms with Crippen molar-refractivity contribution in [2.45, 2.75) is 45.1 Å². The van der Waals surface area contributed by atoms with E-state index in [1.54, 1.807) is 0 Å². The first-order valence-corrected chi connectivity index (χ1v) is 5.70. The van der Waals surface area contributed by atoms with Crippen LogP contribution in [0.15, 0.2) is 6.20 Å². The molecule has 1 aromatic rings. The first kappa shape index (κ1) is 10.6. The predicted molar refractivity (Wildman–Crippen MR) is 59.9 cm³/mol. The lowest BCUT2D eigenvalue weighted by Gasteiger charge is -2.22. The summed E-state index contributed by atoms with van der Waals surface area (Å²) in [6.07, 6.45) is 4.53. The molecule has 0 amide bonds. The molecule has 2 heterocycles. The molecule has 2 rings (SSSR count). The van der Waals surface area contributed by atoms with Crippen LogP contribution in [0.25, 0.3) is 0 Å². The largest absolute Gasteiger partial charge is 0.315 e. The van der Waals surface area contributed by atoms with Gasteiger partial charge in [0, 0.05) is 18.2 Å². The van der Waals surface area contributed by atoms with Gasteiger partial charge in [-0.05, 0) is 19.4 Å². The minimum Gasteiger partial charge on any atom is -0.315 e. The Balaban J connectivity index is 2.12. The van der Waals surface area contributed by atoms with Gasteiger partial charge in [-0.1, -0.05) is 26.0 Å². The molecule has 15 heavy (non-hydrogen) atoms. The molecule has 1 unspecified atom stereocenters. The zero-order valence-corrected chi connectivity index (χ0v) is 9.82. The molecule has 0 radical (unpaired) electrons. The molecule has 0 bridgehead atoms. The molecule has 1 aliphatic heterocycles. The average molecular weight is 208 g/mol. The fourth-order valence-corrected chi connectivity index (χ4v) is 1.86. The average Bonchev–Trinajstić information content (AvgIpc) is 2.67. The maximum absolute atomic E-state index is 4.25. The Labute approximate surface area is 91.1 Å². The van der Waals surface area contributed by atoms with Crippen LogP contribution in [-0.4, -0.2) is 28.1 Å². The molecule has 1 N–H and O–H groups in total. The van der Waals surface area contributed by atoms with Crippen LogP contribution in [0, 0.1) is 0 Å². The van der Waals surface area contributed by atoms with Crippen LogP contribution in [-0.2, 0) is 5.41 Å². The Kier molecular flexibility index (Phi) is 2.78. The summed E-state index contributed by atoms with van der Waals surface area (Å²) < 4.78 is 2.02. The van der Waals surface area contributed by atoms with Crippen LogP contribution < -0.4 is 5.32 Å². The van der Waals surface area contributed by atoms with Crippen molar-refractivity contribution in [2.24, 2.45) is 0 Å². The molecule has 4 nitrogen and oxygen atoms in total. The summed E-state index contributed by atoms with van der Waals surface area (Å²) in [6, 6.07) is 0.488. The van der Waals surface area contributed by atoms with E-state index >= 15 is 0 Å². The number of rotatable bonds is 1. The van der Waals surface area contributed by atoms with E-state index in [0.29, 0.717) is 6.04 Å². The number of piperidine rings is 1. The zero-order valence-electron chi connectivity index (χ0n) is 9.82. The third-order valence-corrected chi connectivity index (χ3v) is 2.92. The summed E-state index contributed by atoms with van der Waals surface area (Å²) in [4.78, 5) is 0. The van der Waals surface area contributed by atoms with E-state index in [-0.39, 0.29) is 5.41 Å². The van der Waals surface area contributed by atoms with Crippen molar-refractivity contribution in [2.75, 3.05) is 13.1 Å². The first-order chi connectivity index (χ1) is 7.07. The summed E-state index contributed by atoms with van der Waals surface area (Å²) in [5.41, 5.74) is 1.17. The number of nitrogens with zero attached hydrogens (tertiary/aromatic N) is 3. The highest BCUT2D eigenvalue weighted by Crippen LogP contribution is 2.21. The lowest BCUT2D eigenvalue weighted by molar-refractivity contribution is 0.341. The van der Waals surface area contributed by atoms with Gasteiger partial charge in [-0.15, -0.1) is 5.10 Å². The second-order valence-electron chi connectivity index (χ2n) is 5.33. The number of hydrogen-bond donors (Lipinski definition) is 1. The molecule has 1 atom stereocenters. The number of nitrogens with one attached hydrogen (secondary N) is 1. The maximum Gasteiger partial charge on any atom is 0.0880 e. The summed E-state index contributed by atoms with van der Waals surface area (Å²) >= 11 is 0. The monoisotopic (exact) mass is 208 g/mol. The van der Waals surface area contributed by atoms with Crippen LogP contribution in [0.4, 0.5) is 0 Å². The van der Waals surface area contributed by atoms with E-state index in [9.17, 15) is 0 Å². The van der Waals surface area contributed by atoms with Crippen LogP contribution >= 0.6 is 0 Å². The van der Waals surface area contributed by atoms with Gasteiger partial charge in [0.05, 0.1) is 11.7 Å². The topological polar surface area (TPSA) is 42.7 Å². The molecule has 4 heteroatoms. The second kappa shape index (κ2) is 3.93. The van der Waals surface area contributed by atoms with E-state index in [2.05, 4.69) is 42.6 Å². The summed E-state index contributed by atoms with van der Waals surface area (Å²) in [5, 5.41) is 11.9. The highest BCUT2D eigenvalue weighted by molar-refractivity contribution is 5.06. The Hall–Kier alpha value is -0.900. The molecule has 84 valence electrons. The predicted octanol–water partition coefficient (Wildman–Crippen LogP) is 1.50. The highest BCUT2D eigenvalue weighted by atomic mass is 15.4. The van der Waals surface area contributed by atoms with Gasteiger partial charge in [0.15, 0.2) is 0 Å². The van der Waals surface area contributed by atoms with Gasteiger partial charge in [0.2, 0.25) is 0 Å². The molecule has 1 aromatic heterocycles. The van der Waals surface area contributed by atoms with Crippen LogP contribution in [0.2, 0.25) is 0 Å². The van der Waals surface area contributed by atoms with Crippen molar-refractivity contribution in [1.29, 1.82) is 0 Å². The molecule has 0 saturated carbocycles. The number of hydrogen-bond acceptors (Lipinski definition) is 3. The molecule has 1 saturated heterocycles. The van der Waals surface area contributed by atoms with Crippen molar-refractivity contribution in [3.63, 3.8) is 0 Å². The van der Waals surface area contributed by atoms with Crippen molar-refractivity contribution < 1.29 is 0 Å². The Morgan fingerprint density at radius 3 is 2.80 bits per heavy atom. The van der Waals surface area contributed by atoms with E-state index in [0.717, 1.165) is 18.8 Å². The van der Waals surface area contributed by atoms with Crippen LogP contribution in [0.3, 0.4) is 0 Å². The van der Waals surface area contributed by atoms with Crippen LogP contribution in [0.1, 0.15) is 45.3 Å². The van der Waals surface area contributed by atoms with E-state index < -0.39 is 0 Å². The minimum absolute atomic E-state index is 0.0976. The van der Waals surface area contributed by atoms with Crippen molar-refractivity contribution in [1.82, 2.24) is 20.3 Å². The van der Waals surface area contributed by atoms with Crippen LogP contribution in [0.5, 0.6) is 0 Å². The Morgan fingerprint density at radius 1 is 1.47 bits per heavy atom. The van der Waals surface area contributed by atoms with Crippen molar-refractivity contribution in [3.8, 4) is 0 Å². The van der Waals surface area contributed by atoms with Gasteiger partial charge in [-0.25, -0.2) is 4.68 Å². The zero-order chi connectivity index (χ0) is 10.9. The fraction of sp³-hybridized carbons (Fsp3) is 0.818. The SMILES string of the molecule is CC(C)(C)c1cn(C2CCCNC2)nn1. The molecule has 1 fully saturated rings. The smallest absolute Gasteiger partial charge is 0.0880 e. The Bertz CT molecular complexity index is 318. The van der Waals surface area contributed by atoms with Crippen molar-refractivity contribution in [3.05, 3.63) is 11.9 Å². The maximum atomic E-state index is 4.25. The summed E-state index contributed by atoms with van der Waals surface area (Å²) in [6.45, 7) is 8.66. The highest BCUT2D eigenvalue weighted by Gasteiger charge is 2.21. The van der Waals surface area contributed by atoms with E-state index in [1.807, 2.05) is 4.68 Å². The standard InChI is InChI=1S/C11H20N4/c1-11(2,3)10-8-15(14-13-10)9-5-4-6-12-7-9/h8-9,12H,4-7H2,1-3H3. The second-order valence-corrected chi connectivity index (χ2v) is 5.33. The van der Waals surface area contributed by atoms with E-state index in [4.69, 9.17) is 0 Å². The minimum atomic E-state index is 0.0976. The molecular formula is C11H20N4. The normalized spacial score (nSPS) is 23.0.